The Hall–Kier alpha value is 0.790. The molecule has 0 aromatic heterocycles. The van der Waals surface area contributed by atoms with Crippen molar-refractivity contribution in [3.05, 3.63) is 0 Å². The maximum absolute atomic E-state index is 3.33. The molecule has 0 spiro atoms. The van der Waals surface area contributed by atoms with Gasteiger partial charge in [0, 0.05) is 12.3 Å². The second-order valence-electron chi connectivity index (χ2n) is 1.72. The first kappa shape index (κ1) is 8.79. The van der Waals surface area contributed by atoms with Crippen LogP contribution in [0.1, 0.15) is 6.42 Å². The first-order valence-corrected chi connectivity index (χ1v) is 3.94. The summed E-state index contributed by atoms with van der Waals surface area (Å²) in [6.45, 7) is 2.44. The van der Waals surface area contributed by atoms with Crippen LogP contribution in [0, 0.1) is 0 Å². The lowest BCUT2D eigenvalue weighted by molar-refractivity contribution is 0.724. The van der Waals surface area contributed by atoms with Crippen molar-refractivity contribution >= 4 is 28.7 Å². The van der Waals surface area contributed by atoms with Crippen molar-refractivity contribution in [2.45, 2.75) is 6.42 Å². The minimum absolute atomic E-state index is 0. The molecule has 3 heteroatoms. The molecule has 0 saturated carbocycles. The number of halogens is 1. The van der Waals surface area contributed by atoms with E-state index in [4.69, 9.17) is 0 Å². The van der Waals surface area contributed by atoms with Crippen molar-refractivity contribution < 1.29 is 0 Å². The fourth-order valence-corrected chi connectivity index (χ4v) is 1.51. The summed E-state index contributed by atoms with van der Waals surface area (Å²) in [7, 11) is 0. The largest absolute Gasteiger partial charge is 0.316 e. The van der Waals surface area contributed by atoms with Crippen LogP contribution < -0.4 is 5.32 Å². The monoisotopic (exact) mass is 197 g/mol. The molecule has 1 heterocycles. The summed E-state index contributed by atoms with van der Waals surface area (Å²) in [5.41, 5.74) is 0. The lowest BCUT2D eigenvalue weighted by Gasteiger charge is -1.91. The molecule has 0 amide bonds. The molecule has 1 nitrogen and oxygen atoms in total. The standard InChI is InChI=1S/C5H11NS.BrH/c1-2-6-3-5-7-4-1;/h6H,1-5H2;1H. The summed E-state index contributed by atoms with van der Waals surface area (Å²) in [4.78, 5) is 0. The molecule has 0 atom stereocenters. The van der Waals surface area contributed by atoms with Crippen molar-refractivity contribution in [3.8, 4) is 0 Å². The number of rotatable bonds is 0. The van der Waals surface area contributed by atoms with E-state index in [-0.39, 0.29) is 17.0 Å². The van der Waals surface area contributed by atoms with Crippen LogP contribution in [-0.2, 0) is 0 Å². The van der Waals surface area contributed by atoms with Crippen LogP contribution >= 0.6 is 28.7 Å². The normalized spacial score (nSPS) is 21.0. The van der Waals surface area contributed by atoms with Gasteiger partial charge in [0.15, 0.2) is 0 Å². The highest BCUT2D eigenvalue weighted by Crippen LogP contribution is 2.02. The van der Waals surface area contributed by atoms with E-state index in [1.165, 1.54) is 31.0 Å². The van der Waals surface area contributed by atoms with Crippen molar-refractivity contribution in [1.82, 2.24) is 5.32 Å². The van der Waals surface area contributed by atoms with Crippen LogP contribution in [0.15, 0.2) is 0 Å². The fraction of sp³-hybridized carbons (Fsp3) is 1.00. The fourth-order valence-electron chi connectivity index (χ4n) is 0.671. The summed E-state index contributed by atoms with van der Waals surface area (Å²) in [5, 5.41) is 3.33. The van der Waals surface area contributed by atoms with E-state index < -0.39 is 0 Å². The SMILES string of the molecule is Br.C1CNCCSC1. The second kappa shape index (κ2) is 5.92. The van der Waals surface area contributed by atoms with Gasteiger partial charge in [-0.2, -0.15) is 11.8 Å². The minimum Gasteiger partial charge on any atom is -0.316 e. The molecule has 0 radical (unpaired) electrons. The minimum atomic E-state index is 0. The lowest BCUT2D eigenvalue weighted by atomic mass is 10.5. The first-order valence-electron chi connectivity index (χ1n) is 2.78. The van der Waals surface area contributed by atoms with Crippen LogP contribution in [0.25, 0.3) is 0 Å². The molecule has 0 aliphatic carbocycles. The summed E-state index contributed by atoms with van der Waals surface area (Å²) >= 11 is 2.05. The van der Waals surface area contributed by atoms with E-state index in [0.717, 1.165) is 0 Å². The summed E-state index contributed by atoms with van der Waals surface area (Å²) in [5.74, 6) is 2.66. The number of hydrogen-bond donors (Lipinski definition) is 1. The van der Waals surface area contributed by atoms with E-state index in [1.54, 1.807) is 0 Å². The Morgan fingerprint density at radius 2 is 2.00 bits per heavy atom. The molecule has 1 saturated heterocycles. The third kappa shape index (κ3) is 3.75. The van der Waals surface area contributed by atoms with Gasteiger partial charge in [-0.05, 0) is 18.7 Å². The lowest BCUT2D eigenvalue weighted by Crippen LogP contribution is -2.15. The van der Waals surface area contributed by atoms with E-state index in [2.05, 4.69) is 17.1 Å². The molecule has 0 aromatic rings. The van der Waals surface area contributed by atoms with Crippen LogP contribution in [0.3, 0.4) is 0 Å². The van der Waals surface area contributed by atoms with Crippen LogP contribution in [0.5, 0.6) is 0 Å². The first-order chi connectivity index (χ1) is 3.50. The molecule has 0 unspecified atom stereocenters. The van der Waals surface area contributed by atoms with Gasteiger partial charge in [0.25, 0.3) is 0 Å². The van der Waals surface area contributed by atoms with Gasteiger partial charge in [-0.3, -0.25) is 0 Å². The average molecular weight is 198 g/mol. The molecule has 0 aromatic carbocycles. The molecular formula is C5H12BrNS. The Kier molecular flexibility index (Phi) is 6.50. The number of nitrogens with one attached hydrogen (secondary N) is 1. The van der Waals surface area contributed by atoms with E-state index >= 15 is 0 Å². The van der Waals surface area contributed by atoms with E-state index in [0.29, 0.717) is 0 Å². The van der Waals surface area contributed by atoms with Crippen molar-refractivity contribution in [2.75, 3.05) is 24.6 Å². The maximum atomic E-state index is 3.33. The zero-order valence-corrected chi connectivity index (χ0v) is 7.38. The highest BCUT2D eigenvalue weighted by molar-refractivity contribution is 8.93. The van der Waals surface area contributed by atoms with E-state index in [1.807, 2.05) is 0 Å². The molecular weight excluding hydrogens is 186 g/mol. The van der Waals surface area contributed by atoms with Gasteiger partial charge in [0.1, 0.15) is 0 Å². The third-order valence-electron chi connectivity index (χ3n) is 1.07. The zero-order chi connectivity index (χ0) is 4.95. The Morgan fingerprint density at radius 3 is 2.88 bits per heavy atom. The highest BCUT2D eigenvalue weighted by Gasteiger charge is 1.94. The molecule has 1 N–H and O–H groups in total. The quantitative estimate of drug-likeness (QED) is 0.629. The number of thioether (sulfide) groups is 1. The Bertz CT molecular complexity index is 32.0. The summed E-state index contributed by atoms with van der Waals surface area (Å²) in [6.07, 6.45) is 1.35. The zero-order valence-electron chi connectivity index (χ0n) is 4.85. The summed E-state index contributed by atoms with van der Waals surface area (Å²) < 4.78 is 0. The molecule has 0 bridgehead atoms. The molecule has 1 aliphatic rings. The van der Waals surface area contributed by atoms with Crippen LogP contribution in [0.2, 0.25) is 0 Å². The smallest absolute Gasteiger partial charge is 0.00581 e. The van der Waals surface area contributed by atoms with Crippen LogP contribution in [0.4, 0.5) is 0 Å². The Morgan fingerprint density at radius 1 is 1.12 bits per heavy atom. The molecule has 50 valence electrons. The highest BCUT2D eigenvalue weighted by atomic mass is 79.9. The molecule has 1 rings (SSSR count). The molecule has 8 heavy (non-hydrogen) atoms. The van der Waals surface area contributed by atoms with Crippen molar-refractivity contribution in [1.29, 1.82) is 0 Å². The summed E-state index contributed by atoms with van der Waals surface area (Å²) in [6, 6.07) is 0. The van der Waals surface area contributed by atoms with Gasteiger partial charge < -0.3 is 5.32 Å². The van der Waals surface area contributed by atoms with Gasteiger partial charge in [0.05, 0.1) is 0 Å². The van der Waals surface area contributed by atoms with Gasteiger partial charge in [-0.1, -0.05) is 0 Å². The van der Waals surface area contributed by atoms with Gasteiger partial charge in [-0.25, -0.2) is 0 Å². The average Bonchev–Trinajstić information content (AvgIpc) is 1.90. The topological polar surface area (TPSA) is 12.0 Å². The maximum Gasteiger partial charge on any atom is 0.00581 e. The molecule has 1 fully saturated rings. The Balaban J connectivity index is 0.000000490. The second-order valence-corrected chi connectivity index (χ2v) is 2.94. The van der Waals surface area contributed by atoms with Crippen molar-refractivity contribution in [2.24, 2.45) is 0 Å². The predicted molar refractivity (Wildman–Crippen MR) is 45.1 cm³/mol. The predicted octanol–water partition coefficient (Wildman–Crippen LogP) is 1.29. The third-order valence-corrected chi connectivity index (χ3v) is 2.14. The Labute approximate surface area is 65.4 Å². The number of hydrogen-bond acceptors (Lipinski definition) is 2. The van der Waals surface area contributed by atoms with Crippen molar-refractivity contribution in [3.63, 3.8) is 0 Å². The van der Waals surface area contributed by atoms with E-state index in [9.17, 15) is 0 Å². The van der Waals surface area contributed by atoms with Gasteiger partial charge in [-0.15, -0.1) is 17.0 Å². The van der Waals surface area contributed by atoms with Crippen LogP contribution in [-0.4, -0.2) is 24.6 Å². The van der Waals surface area contributed by atoms with Gasteiger partial charge >= 0.3 is 0 Å². The van der Waals surface area contributed by atoms with Gasteiger partial charge in [0.2, 0.25) is 0 Å². The molecule has 1 aliphatic heterocycles.